The topological polar surface area (TPSA) is 29.1 Å². The SMILES string of the molecule is O=C(CCCC[C@@H]1CCSS1)NC1C[N+]2(Cc3ccccc3)CCC1CC2. The van der Waals surface area contributed by atoms with Gasteiger partial charge in [0.2, 0.25) is 5.91 Å². The van der Waals surface area contributed by atoms with Crippen LogP contribution >= 0.6 is 21.6 Å². The molecule has 4 aliphatic rings. The average molecular weight is 406 g/mol. The molecular formula is C22H33N2OS2+. The molecule has 4 aliphatic heterocycles. The second kappa shape index (κ2) is 9.23. The van der Waals surface area contributed by atoms with Gasteiger partial charge in [-0.05, 0) is 25.2 Å². The lowest BCUT2D eigenvalue weighted by atomic mass is 9.81. The fraction of sp³-hybridized carbons (Fsp3) is 0.682. The molecule has 0 aliphatic carbocycles. The molecule has 0 spiro atoms. The zero-order chi connectivity index (χ0) is 18.5. The van der Waals surface area contributed by atoms with Crippen LogP contribution < -0.4 is 5.32 Å². The molecule has 4 heterocycles. The maximum atomic E-state index is 12.5. The third-order valence-electron chi connectivity index (χ3n) is 6.72. The van der Waals surface area contributed by atoms with E-state index in [4.69, 9.17) is 0 Å². The molecule has 2 bridgehead atoms. The first-order valence-corrected chi connectivity index (χ1v) is 13.1. The summed E-state index contributed by atoms with van der Waals surface area (Å²) < 4.78 is 1.17. The molecule has 148 valence electrons. The summed E-state index contributed by atoms with van der Waals surface area (Å²) in [7, 11) is 4.06. The van der Waals surface area contributed by atoms with Crippen LogP contribution in [0.25, 0.3) is 0 Å². The van der Waals surface area contributed by atoms with Gasteiger partial charge < -0.3 is 9.80 Å². The number of benzene rings is 1. The van der Waals surface area contributed by atoms with E-state index in [1.165, 1.54) is 61.0 Å². The maximum absolute atomic E-state index is 12.5. The summed E-state index contributed by atoms with van der Waals surface area (Å²) in [6, 6.07) is 11.3. The van der Waals surface area contributed by atoms with Gasteiger partial charge in [0, 0.05) is 35.8 Å². The summed E-state index contributed by atoms with van der Waals surface area (Å²) in [5.74, 6) is 2.30. The summed E-state index contributed by atoms with van der Waals surface area (Å²) >= 11 is 0. The summed E-state index contributed by atoms with van der Waals surface area (Å²) in [6.45, 7) is 4.81. The van der Waals surface area contributed by atoms with Gasteiger partial charge in [-0.15, -0.1) is 0 Å². The van der Waals surface area contributed by atoms with Crippen LogP contribution in [0.3, 0.4) is 0 Å². The lowest BCUT2D eigenvalue weighted by Crippen LogP contribution is -2.66. The molecule has 0 aromatic heterocycles. The molecule has 4 fully saturated rings. The van der Waals surface area contributed by atoms with Gasteiger partial charge in [0.1, 0.15) is 6.54 Å². The number of piperidine rings is 3. The normalized spacial score (nSPS) is 32.5. The number of fused-ring (bicyclic) bond motifs is 3. The van der Waals surface area contributed by atoms with Crippen LogP contribution in [0.4, 0.5) is 0 Å². The Morgan fingerprint density at radius 3 is 2.67 bits per heavy atom. The largest absolute Gasteiger partial charge is 0.347 e. The van der Waals surface area contributed by atoms with Gasteiger partial charge >= 0.3 is 0 Å². The van der Waals surface area contributed by atoms with E-state index in [1.54, 1.807) is 0 Å². The van der Waals surface area contributed by atoms with Gasteiger partial charge in [-0.25, -0.2) is 0 Å². The number of quaternary nitrogens is 1. The Bertz CT molecular complexity index is 610. The molecule has 5 rings (SSSR count). The van der Waals surface area contributed by atoms with E-state index < -0.39 is 0 Å². The highest BCUT2D eigenvalue weighted by molar-refractivity contribution is 8.77. The fourth-order valence-electron chi connectivity index (χ4n) is 5.14. The number of hydrogen-bond donors (Lipinski definition) is 1. The molecule has 0 saturated carbocycles. The van der Waals surface area contributed by atoms with Gasteiger partial charge in [-0.2, -0.15) is 0 Å². The van der Waals surface area contributed by atoms with E-state index >= 15 is 0 Å². The second-order valence-corrected chi connectivity index (χ2v) is 11.5. The molecule has 27 heavy (non-hydrogen) atoms. The van der Waals surface area contributed by atoms with Crippen molar-refractivity contribution < 1.29 is 9.28 Å². The summed E-state index contributed by atoms with van der Waals surface area (Å²) in [4.78, 5) is 12.5. The molecule has 3 nitrogen and oxygen atoms in total. The highest BCUT2D eigenvalue weighted by Crippen LogP contribution is 2.40. The lowest BCUT2D eigenvalue weighted by Gasteiger charge is -2.52. The number of rotatable bonds is 8. The number of unbranched alkanes of at least 4 members (excludes halogenated alkanes) is 1. The number of nitrogens with one attached hydrogen (secondary N) is 1. The first-order valence-electron chi connectivity index (χ1n) is 10.7. The monoisotopic (exact) mass is 405 g/mol. The van der Waals surface area contributed by atoms with E-state index in [9.17, 15) is 4.79 Å². The van der Waals surface area contributed by atoms with Crippen LogP contribution in [0.1, 0.15) is 50.5 Å². The lowest BCUT2D eigenvalue weighted by molar-refractivity contribution is -0.956. The molecule has 1 aromatic rings. The molecule has 1 aromatic carbocycles. The summed E-state index contributed by atoms with van der Waals surface area (Å²) in [5.41, 5.74) is 1.44. The third kappa shape index (κ3) is 5.24. The molecule has 1 N–H and O–H groups in total. The van der Waals surface area contributed by atoms with Crippen molar-refractivity contribution in [3.8, 4) is 0 Å². The molecule has 0 radical (unpaired) electrons. The Kier molecular flexibility index (Phi) is 6.72. The van der Waals surface area contributed by atoms with Crippen LogP contribution in [0, 0.1) is 5.92 Å². The van der Waals surface area contributed by atoms with Crippen molar-refractivity contribution in [3.63, 3.8) is 0 Å². The number of amides is 1. The Hall–Kier alpha value is -0.650. The molecule has 2 atom stereocenters. The summed E-state index contributed by atoms with van der Waals surface area (Å²) in [6.07, 6.45) is 8.15. The minimum absolute atomic E-state index is 0.292. The number of hydrogen-bond acceptors (Lipinski definition) is 3. The quantitative estimate of drug-likeness (QED) is 0.388. The van der Waals surface area contributed by atoms with Crippen molar-refractivity contribution in [1.29, 1.82) is 0 Å². The first kappa shape index (κ1) is 19.7. The molecule has 4 saturated heterocycles. The van der Waals surface area contributed by atoms with Crippen LogP contribution in [-0.2, 0) is 11.3 Å². The average Bonchev–Trinajstić information content (AvgIpc) is 3.20. The molecule has 5 heteroatoms. The van der Waals surface area contributed by atoms with E-state index in [0.29, 0.717) is 24.3 Å². The highest BCUT2D eigenvalue weighted by atomic mass is 33.1. The minimum Gasteiger partial charge on any atom is -0.347 e. The number of carbonyl (C=O) groups excluding carboxylic acids is 1. The van der Waals surface area contributed by atoms with Crippen molar-refractivity contribution in [2.75, 3.05) is 25.4 Å². The predicted molar refractivity (Wildman–Crippen MR) is 117 cm³/mol. The molecule has 1 amide bonds. The zero-order valence-corrected chi connectivity index (χ0v) is 17.9. The van der Waals surface area contributed by atoms with E-state index in [0.717, 1.165) is 24.8 Å². The van der Waals surface area contributed by atoms with E-state index in [1.807, 2.05) is 10.8 Å². The number of nitrogens with zero attached hydrogens (tertiary/aromatic N) is 1. The molecule has 1 unspecified atom stereocenters. The van der Waals surface area contributed by atoms with Crippen LogP contribution in [0.15, 0.2) is 30.3 Å². The Morgan fingerprint density at radius 1 is 1.11 bits per heavy atom. The van der Waals surface area contributed by atoms with Crippen molar-refractivity contribution in [2.24, 2.45) is 5.92 Å². The first-order chi connectivity index (χ1) is 13.2. The maximum Gasteiger partial charge on any atom is 0.220 e. The second-order valence-electron chi connectivity index (χ2n) is 8.70. The number of carbonyl (C=O) groups is 1. The van der Waals surface area contributed by atoms with Gasteiger partial charge in [0.15, 0.2) is 0 Å². The Morgan fingerprint density at radius 2 is 1.93 bits per heavy atom. The van der Waals surface area contributed by atoms with Gasteiger partial charge in [0.05, 0.1) is 25.7 Å². The fourth-order valence-corrected chi connectivity index (χ4v) is 8.17. The van der Waals surface area contributed by atoms with Crippen molar-refractivity contribution in [1.82, 2.24) is 5.32 Å². The van der Waals surface area contributed by atoms with E-state index in [-0.39, 0.29) is 0 Å². The van der Waals surface area contributed by atoms with Crippen LogP contribution in [-0.4, -0.2) is 47.1 Å². The van der Waals surface area contributed by atoms with E-state index in [2.05, 4.69) is 46.4 Å². The van der Waals surface area contributed by atoms with Gasteiger partial charge in [-0.3, -0.25) is 4.79 Å². The van der Waals surface area contributed by atoms with Crippen LogP contribution in [0.5, 0.6) is 0 Å². The summed E-state index contributed by atoms with van der Waals surface area (Å²) in [5, 5.41) is 4.26. The van der Waals surface area contributed by atoms with Gasteiger partial charge in [-0.1, -0.05) is 58.3 Å². The van der Waals surface area contributed by atoms with Crippen molar-refractivity contribution in [2.45, 2.75) is 62.8 Å². The Balaban J connectivity index is 1.23. The third-order valence-corrected chi connectivity index (χ3v) is 9.72. The minimum atomic E-state index is 0.292. The highest BCUT2D eigenvalue weighted by Gasteiger charge is 2.46. The van der Waals surface area contributed by atoms with Crippen LogP contribution in [0.2, 0.25) is 0 Å². The smallest absolute Gasteiger partial charge is 0.220 e. The standard InChI is InChI=1S/C22H32N2OS2/c25-22(9-5-4-8-20-12-15-26-27-20)23-21-17-24(13-10-19(21)11-14-24)16-18-6-2-1-3-7-18/h1-3,6-7,19-21H,4-5,8-17H2/p+1/t19?,20-,21?,24?/m1/s1. The van der Waals surface area contributed by atoms with Crippen molar-refractivity contribution in [3.05, 3.63) is 35.9 Å². The predicted octanol–water partition coefficient (Wildman–Crippen LogP) is 4.63. The Labute approximate surface area is 172 Å². The molecular weight excluding hydrogens is 372 g/mol. The van der Waals surface area contributed by atoms with Gasteiger partial charge in [0.25, 0.3) is 0 Å². The zero-order valence-electron chi connectivity index (χ0n) is 16.3. The van der Waals surface area contributed by atoms with Crippen molar-refractivity contribution >= 4 is 27.5 Å².